The minimum absolute atomic E-state index is 0.619. The molecule has 0 saturated carbocycles. The van der Waals surface area contributed by atoms with Crippen molar-refractivity contribution in [1.29, 1.82) is 0 Å². The first-order valence-electron chi connectivity index (χ1n) is 5.45. The first-order valence-corrected chi connectivity index (χ1v) is 5.45. The number of amides is 1. The molecule has 0 unspecified atom stereocenters. The number of nitrogens with one attached hydrogen (secondary N) is 1. The van der Waals surface area contributed by atoms with Gasteiger partial charge in [0.25, 0.3) is 5.92 Å². The second kappa shape index (κ2) is 6.26. The van der Waals surface area contributed by atoms with Crippen LogP contribution in [-0.2, 0) is 4.79 Å². The highest BCUT2D eigenvalue weighted by Gasteiger charge is 2.27. The van der Waals surface area contributed by atoms with E-state index in [0.29, 0.717) is 0 Å². The molecule has 0 bridgehead atoms. The SMILES string of the molecule is Cc1ccccc1/C=C/C(=O)NCC(F)(F)CO. The maximum atomic E-state index is 12.7. The molecule has 1 aromatic carbocycles. The molecule has 0 aliphatic heterocycles. The van der Waals surface area contributed by atoms with Crippen molar-refractivity contribution >= 4 is 12.0 Å². The van der Waals surface area contributed by atoms with Crippen LogP contribution in [0.15, 0.2) is 30.3 Å². The number of hydrogen-bond acceptors (Lipinski definition) is 2. The molecular formula is C13H15F2NO2. The molecule has 1 aromatic rings. The van der Waals surface area contributed by atoms with Gasteiger partial charge in [0.1, 0.15) is 6.61 Å². The van der Waals surface area contributed by atoms with Crippen LogP contribution in [0, 0.1) is 6.92 Å². The molecule has 0 saturated heterocycles. The van der Waals surface area contributed by atoms with Crippen LogP contribution in [0.4, 0.5) is 8.78 Å². The largest absolute Gasteiger partial charge is 0.390 e. The van der Waals surface area contributed by atoms with E-state index >= 15 is 0 Å². The number of carbonyl (C=O) groups excluding carboxylic acids is 1. The van der Waals surface area contributed by atoms with E-state index in [4.69, 9.17) is 5.11 Å². The summed E-state index contributed by atoms with van der Waals surface area (Å²) in [5.41, 5.74) is 1.84. The molecule has 0 radical (unpaired) electrons. The maximum absolute atomic E-state index is 12.7. The number of carbonyl (C=O) groups is 1. The second-order valence-electron chi connectivity index (χ2n) is 3.92. The Balaban J connectivity index is 2.53. The summed E-state index contributed by atoms with van der Waals surface area (Å²) in [6, 6.07) is 7.40. The third-order valence-electron chi connectivity index (χ3n) is 2.36. The third kappa shape index (κ3) is 4.63. The smallest absolute Gasteiger partial charge is 0.287 e. The van der Waals surface area contributed by atoms with E-state index < -0.39 is 25.0 Å². The molecule has 0 spiro atoms. The van der Waals surface area contributed by atoms with Gasteiger partial charge >= 0.3 is 0 Å². The number of aryl methyl sites for hydroxylation is 1. The summed E-state index contributed by atoms with van der Waals surface area (Å²) >= 11 is 0. The summed E-state index contributed by atoms with van der Waals surface area (Å²) in [4.78, 5) is 11.3. The van der Waals surface area contributed by atoms with E-state index in [9.17, 15) is 13.6 Å². The molecule has 18 heavy (non-hydrogen) atoms. The van der Waals surface area contributed by atoms with Crippen molar-refractivity contribution in [2.24, 2.45) is 0 Å². The topological polar surface area (TPSA) is 49.3 Å². The Morgan fingerprint density at radius 2 is 2.11 bits per heavy atom. The zero-order chi connectivity index (χ0) is 13.6. The van der Waals surface area contributed by atoms with Crippen molar-refractivity contribution < 1.29 is 18.7 Å². The lowest BCUT2D eigenvalue weighted by Crippen LogP contribution is -2.38. The summed E-state index contributed by atoms with van der Waals surface area (Å²) in [7, 11) is 0. The monoisotopic (exact) mass is 255 g/mol. The van der Waals surface area contributed by atoms with E-state index in [1.165, 1.54) is 6.08 Å². The number of halogens is 2. The van der Waals surface area contributed by atoms with Gasteiger partial charge < -0.3 is 10.4 Å². The van der Waals surface area contributed by atoms with Crippen molar-refractivity contribution in [3.05, 3.63) is 41.5 Å². The van der Waals surface area contributed by atoms with Gasteiger partial charge in [0, 0.05) is 6.08 Å². The number of hydrogen-bond donors (Lipinski definition) is 2. The number of rotatable bonds is 5. The number of aliphatic hydroxyl groups is 1. The molecule has 1 rings (SSSR count). The van der Waals surface area contributed by atoms with E-state index in [-0.39, 0.29) is 0 Å². The number of benzene rings is 1. The lowest BCUT2D eigenvalue weighted by Gasteiger charge is -2.12. The third-order valence-corrected chi connectivity index (χ3v) is 2.36. The second-order valence-corrected chi connectivity index (χ2v) is 3.92. The molecule has 98 valence electrons. The van der Waals surface area contributed by atoms with Crippen molar-refractivity contribution in [3.63, 3.8) is 0 Å². The molecule has 0 aliphatic rings. The lowest BCUT2D eigenvalue weighted by atomic mass is 10.1. The quantitative estimate of drug-likeness (QED) is 0.787. The maximum Gasteiger partial charge on any atom is 0.287 e. The highest BCUT2D eigenvalue weighted by Crippen LogP contribution is 2.10. The van der Waals surface area contributed by atoms with Gasteiger partial charge in [-0.3, -0.25) is 4.79 Å². The lowest BCUT2D eigenvalue weighted by molar-refractivity contribution is -0.119. The summed E-state index contributed by atoms with van der Waals surface area (Å²) in [5.74, 6) is -3.90. The van der Waals surface area contributed by atoms with Crippen LogP contribution in [0.25, 0.3) is 6.08 Å². The molecule has 1 amide bonds. The van der Waals surface area contributed by atoms with E-state index in [0.717, 1.165) is 11.1 Å². The normalized spacial score (nSPS) is 11.8. The Bertz CT molecular complexity index is 444. The fraction of sp³-hybridized carbons (Fsp3) is 0.308. The zero-order valence-electron chi connectivity index (χ0n) is 9.99. The minimum atomic E-state index is -3.29. The van der Waals surface area contributed by atoms with Crippen LogP contribution in [-0.4, -0.2) is 30.1 Å². The molecule has 2 N–H and O–H groups in total. The van der Waals surface area contributed by atoms with Gasteiger partial charge in [-0.2, -0.15) is 0 Å². The van der Waals surface area contributed by atoms with Gasteiger partial charge in [0.15, 0.2) is 0 Å². The van der Waals surface area contributed by atoms with E-state index in [2.05, 4.69) is 0 Å². The van der Waals surface area contributed by atoms with Crippen molar-refractivity contribution in [2.75, 3.05) is 13.2 Å². The number of aliphatic hydroxyl groups excluding tert-OH is 1. The highest BCUT2D eigenvalue weighted by atomic mass is 19.3. The van der Waals surface area contributed by atoms with Crippen LogP contribution in [0.2, 0.25) is 0 Å². The van der Waals surface area contributed by atoms with Crippen LogP contribution in [0.3, 0.4) is 0 Å². The van der Waals surface area contributed by atoms with Crippen LogP contribution in [0.1, 0.15) is 11.1 Å². The molecular weight excluding hydrogens is 240 g/mol. The van der Waals surface area contributed by atoms with Crippen LogP contribution >= 0.6 is 0 Å². The molecule has 5 heteroatoms. The number of alkyl halides is 2. The fourth-order valence-corrected chi connectivity index (χ4v) is 1.27. The predicted molar refractivity (Wildman–Crippen MR) is 65.3 cm³/mol. The van der Waals surface area contributed by atoms with Gasteiger partial charge in [0.2, 0.25) is 5.91 Å². The Hall–Kier alpha value is -1.75. The van der Waals surface area contributed by atoms with Crippen molar-refractivity contribution in [1.82, 2.24) is 5.32 Å². The van der Waals surface area contributed by atoms with E-state index in [1.807, 2.05) is 36.5 Å². The Morgan fingerprint density at radius 1 is 1.44 bits per heavy atom. The van der Waals surface area contributed by atoms with Crippen molar-refractivity contribution in [3.8, 4) is 0 Å². The molecule has 0 aromatic heterocycles. The standard InChI is InChI=1S/C13H15F2NO2/c1-10-4-2-3-5-11(10)6-7-12(18)16-8-13(14,15)9-17/h2-7,17H,8-9H2,1H3,(H,16,18)/b7-6+. The summed E-state index contributed by atoms with van der Waals surface area (Å²) in [5, 5.41) is 10.4. The fourth-order valence-electron chi connectivity index (χ4n) is 1.27. The highest BCUT2D eigenvalue weighted by molar-refractivity contribution is 5.91. The molecule has 0 fully saturated rings. The summed E-state index contributed by atoms with van der Waals surface area (Å²) in [6.07, 6.45) is 2.75. The van der Waals surface area contributed by atoms with Crippen LogP contribution in [0.5, 0.6) is 0 Å². The van der Waals surface area contributed by atoms with Gasteiger partial charge in [-0.1, -0.05) is 24.3 Å². The van der Waals surface area contributed by atoms with Gasteiger partial charge in [-0.05, 0) is 24.1 Å². The molecule has 3 nitrogen and oxygen atoms in total. The van der Waals surface area contributed by atoms with E-state index in [1.54, 1.807) is 6.08 Å². The minimum Gasteiger partial charge on any atom is -0.390 e. The summed E-state index contributed by atoms with van der Waals surface area (Å²) in [6.45, 7) is -0.271. The predicted octanol–water partition coefficient (Wildman–Crippen LogP) is 1.75. The van der Waals surface area contributed by atoms with Crippen molar-refractivity contribution in [2.45, 2.75) is 12.8 Å². The Kier molecular flexibility index (Phi) is 4.97. The molecule has 0 heterocycles. The molecule has 0 aliphatic carbocycles. The van der Waals surface area contributed by atoms with Gasteiger partial charge in [-0.25, -0.2) is 8.78 Å². The zero-order valence-corrected chi connectivity index (χ0v) is 9.99. The summed E-state index contributed by atoms with van der Waals surface area (Å²) < 4.78 is 25.3. The van der Waals surface area contributed by atoms with Gasteiger partial charge in [-0.15, -0.1) is 0 Å². The average molecular weight is 255 g/mol. The van der Waals surface area contributed by atoms with Gasteiger partial charge in [0.05, 0.1) is 6.54 Å². The average Bonchev–Trinajstić information content (AvgIpc) is 2.35. The first kappa shape index (κ1) is 14.3. The molecule has 0 atom stereocenters. The Labute approximate surface area is 104 Å². The first-order chi connectivity index (χ1) is 8.44. The van der Waals surface area contributed by atoms with Crippen LogP contribution < -0.4 is 5.32 Å². The Morgan fingerprint density at radius 3 is 2.72 bits per heavy atom.